The van der Waals surface area contributed by atoms with Gasteiger partial charge in [0, 0.05) is 6.54 Å². The Balaban J connectivity index is 1.79. The summed E-state index contributed by atoms with van der Waals surface area (Å²) in [6.45, 7) is 0.287. The second-order valence-electron chi connectivity index (χ2n) is 5.22. The van der Waals surface area contributed by atoms with E-state index in [0.29, 0.717) is 5.56 Å². The van der Waals surface area contributed by atoms with Crippen LogP contribution in [0.25, 0.3) is 0 Å². The highest BCUT2D eigenvalue weighted by molar-refractivity contribution is 5.76. The molecule has 24 heavy (non-hydrogen) atoms. The SMILES string of the molecule is O=C(NCCC(C(=O)O)c1ccc(F)cc1)OCc1ccccc1. The van der Waals surface area contributed by atoms with Crippen LogP contribution in [0.15, 0.2) is 54.6 Å². The van der Waals surface area contributed by atoms with Crippen molar-refractivity contribution in [3.63, 3.8) is 0 Å². The van der Waals surface area contributed by atoms with Crippen LogP contribution >= 0.6 is 0 Å². The van der Waals surface area contributed by atoms with Crippen molar-refractivity contribution in [2.24, 2.45) is 0 Å². The van der Waals surface area contributed by atoms with E-state index in [2.05, 4.69) is 5.32 Å². The first-order chi connectivity index (χ1) is 11.6. The van der Waals surface area contributed by atoms with Crippen molar-refractivity contribution in [3.8, 4) is 0 Å². The van der Waals surface area contributed by atoms with Crippen LogP contribution in [0.5, 0.6) is 0 Å². The van der Waals surface area contributed by atoms with Crippen LogP contribution in [0.4, 0.5) is 9.18 Å². The number of rotatable bonds is 7. The summed E-state index contributed by atoms with van der Waals surface area (Å²) in [6.07, 6.45) is -0.427. The molecule has 5 nitrogen and oxygen atoms in total. The van der Waals surface area contributed by atoms with Gasteiger partial charge in [0.25, 0.3) is 0 Å². The number of halogens is 1. The van der Waals surface area contributed by atoms with E-state index in [1.54, 1.807) is 0 Å². The quantitative estimate of drug-likeness (QED) is 0.816. The topological polar surface area (TPSA) is 75.6 Å². The largest absolute Gasteiger partial charge is 0.481 e. The number of carbonyl (C=O) groups excluding carboxylic acids is 1. The number of alkyl carbamates (subject to hydrolysis) is 1. The molecule has 0 saturated heterocycles. The predicted octanol–water partition coefficient (Wildman–Crippen LogP) is 3.31. The number of nitrogens with one attached hydrogen (secondary N) is 1. The van der Waals surface area contributed by atoms with Crippen molar-refractivity contribution >= 4 is 12.1 Å². The van der Waals surface area contributed by atoms with Crippen molar-refractivity contribution in [1.29, 1.82) is 0 Å². The van der Waals surface area contributed by atoms with E-state index < -0.39 is 23.8 Å². The lowest BCUT2D eigenvalue weighted by atomic mass is 9.96. The van der Waals surface area contributed by atoms with Gasteiger partial charge in [0.15, 0.2) is 0 Å². The van der Waals surface area contributed by atoms with Gasteiger partial charge in [0.2, 0.25) is 0 Å². The number of carboxylic acids is 1. The summed E-state index contributed by atoms with van der Waals surface area (Å²) >= 11 is 0. The maximum absolute atomic E-state index is 12.9. The minimum Gasteiger partial charge on any atom is -0.481 e. The van der Waals surface area contributed by atoms with E-state index in [1.807, 2.05) is 30.3 Å². The van der Waals surface area contributed by atoms with Crippen LogP contribution in [0.2, 0.25) is 0 Å². The van der Waals surface area contributed by atoms with Crippen molar-refractivity contribution in [2.75, 3.05) is 6.54 Å². The lowest BCUT2D eigenvalue weighted by molar-refractivity contribution is -0.138. The summed E-state index contributed by atoms with van der Waals surface area (Å²) in [5.41, 5.74) is 1.35. The normalized spacial score (nSPS) is 11.5. The second kappa shape index (κ2) is 8.67. The Labute approximate surface area is 139 Å². The van der Waals surface area contributed by atoms with E-state index in [1.165, 1.54) is 24.3 Å². The Hall–Kier alpha value is -2.89. The number of aliphatic carboxylic acids is 1. The molecular formula is C18H18FNO4. The molecule has 2 N–H and O–H groups in total. The number of carboxylic acid groups (broad SMARTS) is 1. The first-order valence-corrected chi connectivity index (χ1v) is 7.49. The molecule has 1 amide bonds. The second-order valence-corrected chi connectivity index (χ2v) is 5.22. The average Bonchev–Trinajstić information content (AvgIpc) is 2.58. The van der Waals surface area contributed by atoms with E-state index in [-0.39, 0.29) is 19.6 Å². The molecule has 0 aliphatic rings. The minimum absolute atomic E-state index is 0.141. The van der Waals surface area contributed by atoms with Gasteiger partial charge in [-0.2, -0.15) is 0 Å². The Kier molecular flexibility index (Phi) is 6.31. The highest BCUT2D eigenvalue weighted by atomic mass is 19.1. The van der Waals surface area contributed by atoms with Crippen molar-refractivity contribution in [1.82, 2.24) is 5.32 Å². The van der Waals surface area contributed by atoms with Gasteiger partial charge in [0.05, 0.1) is 5.92 Å². The van der Waals surface area contributed by atoms with Gasteiger partial charge in [-0.15, -0.1) is 0 Å². The predicted molar refractivity (Wildman–Crippen MR) is 86.0 cm³/mol. The molecular weight excluding hydrogens is 313 g/mol. The zero-order chi connectivity index (χ0) is 17.4. The zero-order valence-electron chi connectivity index (χ0n) is 12.9. The van der Waals surface area contributed by atoms with Gasteiger partial charge >= 0.3 is 12.1 Å². The number of amides is 1. The Morgan fingerprint density at radius 3 is 2.38 bits per heavy atom. The smallest absolute Gasteiger partial charge is 0.407 e. The van der Waals surface area contributed by atoms with E-state index in [9.17, 15) is 19.1 Å². The number of ether oxygens (including phenoxy) is 1. The molecule has 2 aromatic rings. The highest BCUT2D eigenvalue weighted by Crippen LogP contribution is 2.20. The number of hydrogen-bond donors (Lipinski definition) is 2. The summed E-state index contributed by atoms with van der Waals surface area (Å²) in [5.74, 6) is -2.27. The monoisotopic (exact) mass is 331 g/mol. The number of hydrogen-bond acceptors (Lipinski definition) is 3. The maximum atomic E-state index is 12.9. The first-order valence-electron chi connectivity index (χ1n) is 7.49. The van der Waals surface area contributed by atoms with Gasteiger partial charge in [-0.05, 0) is 29.7 Å². The Morgan fingerprint density at radius 1 is 1.08 bits per heavy atom. The van der Waals surface area contributed by atoms with Gasteiger partial charge in [-0.3, -0.25) is 4.79 Å². The summed E-state index contributed by atoms with van der Waals surface area (Å²) in [5, 5.41) is 11.8. The van der Waals surface area contributed by atoms with Crippen LogP contribution in [-0.2, 0) is 16.1 Å². The fraction of sp³-hybridized carbons (Fsp3) is 0.222. The van der Waals surface area contributed by atoms with E-state index in [0.717, 1.165) is 5.56 Å². The van der Waals surface area contributed by atoms with Gasteiger partial charge in [-0.1, -0.05) is 42.5 Å². The van der Waals surface area contributed by atoms with Crippen LogP contribution in [0.3, 0.4) is 0 Å². The number of carbonyl (C=O) groups is 2. The van der Waals surface area contributed by atoms with Crippen molar-refractivity contribution in [2.45, 2.75) is 18.9 Å². The first kappa shape index (κ1) is 17.5. The molecule has 0 bridgehead atoms. The minimum atomic E-state index is -1.03. The van der Waals surface area contributed by atoms with Crippen LogP contribution in [0.1, 0.15) is 23.5 Å². The molecule has 0 fully saturated rings. The molecule has 0 aromatic heterocycles. The molecule has 0 saturated carbocycles. The molecule has 6 heteroatoms. The molecule has 1 atom stereocenters. The van der Waals surface area contributed by atoms with Crippen LogP contribution in [0, 0.1) is 5.82 Å². The van der Waals surface area contributed by atoms with E-state index >= 15 is 0 Å². The number of benzene rings is 2. The molecule has 0 radical (unpaired) electrons. The fourth-order valence-electron chi connectivity index (χ4n) is 2.22. The zero-order valence-corrected chi connectivity index (χ0v) is 12.9. The summed E-state index contributed by atoms with van der Waals surface area (Å²) in [4.78, 5) is 23.0. The Morgan fingerprint density at radius 2 is 1.75 bits per heavy atom. The highest BCUT2D eigenvalue weighted by Gasteiger charge is 2.19. The Bertz CT molecular complexity index is 673. The molecule has 2 aromatic carbocycles. The van der Waals surface area contributed by atoms with Crippen LogP contribution < -0.4 is 5.32 Å². The average molecular weight is 331 g/mol. The molecule has 0 aliphatic heterocycles. The summed E-state index contributed by atoms with van der Waals surface area (Å²) in [6, 6.07) is 14.5. The fourth-order valence-corrected chi connectivity index (χ4v) is 2.22. The van der Waals surface area contributed by atoms with Crippen molar-refractivity contribution < 1.29 is 23.8 Å². The lowest BCUT2D eigenvalue weighted by Crippen LogP contribution is -2.27. The van der Waals surface area contributed by atoms with Gasteiger partial charge < -0.3 is 15.2 Å². The third-order valence-electron chi connectivity index (χ3n) is 3.49. The molecule has 0 heterocycles. The van der Waals surface area contributed by atoms with Gasteiger partial charge in [0.1, 0.15) is 12.4 Å². The molecule has 2 rings (SSSR count). The summed E-state index contributed by atoms with van der Waals surface area (Å²) < 4.78 is 18.0. The molecule has 1 unspecified atom stereocenters. The molecule has 0 spiro atoms. The summed E-state index contributed by atoms with van der Waals surface area (Å²) in [7, 11) is 0. The molecule has 126 valence electrons. The standard InChI is InChI=1S/C18H18FNO4/c19-15-8-6-14(7-9-15)16(17(21)22)10-11-20-18(23)24-12-13-4-2-1-3-5-13/h1-9,16H,10-12H2,(H,20,23)(H,21,22). The van der Waals surface area contributed by atoms with Crippen molar-refractivity contribution in [3.05, 3.63) is 71.5 Å². The van der Waals surface area contributed by atoms with E-state index in [4.69, 9.17) is 4.74 Å². The lowest BCUT2D eigenvalue weighted by Gasteiger charge is -2.13. The molecule has 0 aliphatic carbocycles. The maximum Gasteiger partial charge on any atom is 0.407 e. The third kappa shape index (κ3) is 5.39. The van der Waals surface area contributed by atoms with Crippen LogP contribution in [-0.4, -0.2) is 23.7 Å². The third-order valence-corrected chi connectivity index (χ3v) is 3.49. The van der Waals surface area contributed by atoms with Gasteiger partial charge in [-0.25, -0.2) is 9.18 Å².